The van der Waals surface area contributed by atoms with Gasteiger partial charge >= 0.3 is 0 Å². The number of phenolic OH excluding ortho intramolecular Hbond substituents is 2. The predicted molar refractivity (Wildman–Crippen MR) is 93.9 cm³/mol. The van der Waals surface area contributed by atoms with Crippen LogP contribution < -0.4 is 5.32 Å². The summed E-state index contributed by atoms with van der Waals surface area (Å²) in [7, 11) is 0. The van der Waals surface area contributed by atoms with Crippen molar-refractivity contribution in [3.05, 3.63) is 51.5 Å². The molecule has 5 nitrogen and oxygen atoms in total. The van der Waals surface area contributed by atoms with Crippen LogP contribution in [0.3, 0.4) is 0 Å². The number of fused-ring (bicyclic) bond motifs is 1. The summed E-state index contributed by atoms with van der Waals surface area (Å²) in [5.74, 6) is -0.843. The Kier molecular flexibility index (Phi) is 4.47. The molecule has 0 bridgehead atoms. The van der Waals surface area contributed by atoms with Gasteiger partial charge in [-0.25, -0.2) is 0 Å². The smallest absolute Gasteiger partial charge is 0.257 e. The maximum atomic E-state index is 12.8. The Morgan fingerprint density at radius 2 is 1.96 bits per heavy atom. The van der Waals surface area contributed by atoms with E-state index in [2.05, 4.69) is 5.32 Å². The molecule has 2 aromatic rings. The van der Waals surface area contributed by atoms with Crippen molar-refractivity contribution in [2.24, 2.45) is 0 Å². The second-order valence-corrected chi connectivity index (χ2v) is 6.45. The fourth-order valence-electron chi connectivity index (χ4n) is 2.82. The minimum absolute atomic E-state index is 0.0209. The first-order valence-corrected chi connectivity index (χ1v) is 8.26. The molecule has 1 atom stereocenters. The summed E-state index contributed by atoms with van der Waals surface area (Å²) in [4.78, 5) is 14.5. The van der Waals surface area contributed by atoms with Gasteiger partial charge in [-0.1, -0.05) is 30.1 Å². The summed E-state index contributed by atoms with van der Waals surface area (Å²) in [6.07, 6.45) is 0.248. The van der Waals surface area contributed by atoms with E-state index in [0.29, 0.717) is 28.4 Å². The van der Waals surface area contributed by atoms with E-state index in [-0.39, 0.29) is 22.4 Å². The van der Waals surface area contributed by atoms with E-state index in [1.807, 2.05) is 6.92 Å². The van der Waals surface area contributed by atoms with Crippen molar-refractivity contribution in [1.82, 2.24) is 4.90 Å². The highest BCUT2D eigenvalue weighted by Crippen LogP contribution is 2.40. The van der Waals surface area contributed by atoms with E-state index in [0.717, 1.165) is 6.42 Å². The highest BCUT2D eigenvalue weighted by Gasteiger charge is 2.33. The molecule has 24 heavy (non-hydrogen) atoms. The van der Waals surface area contributed by atoms with Crippen LogP contribution >= 0.6 is 23.2 Å². The molecule has 1 unspecified atom stereocenters. The molecule has 3 rings (SSSR count). The highest BCUT2D eigenvalue weighted by atomic mass is 35.5. The number of carbonyl (C=O) groups is 1. The normalized spacial score (nSPS) is 16.7. The lowest BCUT2D eigenvalue weighted by Crippen LogP contribution is -2.43. The van der Waals surface area contributed by atoms with Gasteiger partial charge in [-0.05, 0) is 36.8 Å². The number of amides is 1. The van der Waals surface area contributed by atoms with Crippen LogP contribution in [0.5, 0.6) is 11.5 Å². The summed E-state index contributed by atoms with van der Waals surface area (Å²) >= 11 is 12.0. The molecule has 1 aliphatic rings. The lowest BCUT2D eigenvalue weighted by atomic mass is 10.0. The lowest BCUT2D eigenvalue weighted by molar-refractivity contribution is 0.0683. The van der Waals surface area contributed by atoms with Crippen molar-refractivity contribution in [1.29, 1.82) is 0 Å². The number of benzene rings is 2. The summed E-state index contributed by atoms with van der Waals surface area (Å²) in [6.45, 7) is 2.50. The molecular weight excluding hydrogens is 351 g/mol. The third kappa shape index (κ3) is 2.85. The van der Waals surface area contributed by atoms with Crippen LogP contribution in [0, 0.1) is 0 Å². The zero-order valence-electron chi connectivity index (χ0n) is 12.9. The molecule has 0 fully saturated rings. The van der Waals surface area contributed by atoms with Crippen LogP contribution in [-0.4, -0.2) is 27.6 Å². The van der Waals surface area contributed by atoms with Gasteiger partial charge in [0.25, 0.3) is 5.91 Å². The molecule has 0 saturated heterocycles. The van der Waals surface area contributed by atoms with Gasteiger partial charge in [0, 0.05) is 17.1 Å². The van der Waals surface area contributed by atoms with Crippen LogP contribution in [0.25, 0.3) is 0 Å². The quantitative estimate of drug-likeness (QED) is 0.704. The zero-order chi connectivity index (χ0) is 17.4. The maximum absolute atomic E-state index is 12.8. The molecule has 0 saturated carbocycles. The van der Waals surface area contributed by atoms with Crippen molar-refractivity contribution < 1.29 is 15.0 Å². The maximum Gasteiger partial charge on any atom is 0.257 e. The van der Waals surface area contributed by atoms with Crippen LogP contribution in [-0.2, 0) is 0 Å². The number of aromatic hydroxyl groups is 2. The predicted octanol–water partition coefficient (Wildman–Crippen LogP) is 4.38. The third-order valence-corrected chi connectivity index (χ3v) is 4.45. The number of rotatable bonds is 3. The van der Waals surface area contributed by atoms with Gasteiger partial charge < -0.3 is 20.4 Å². The first kappa shape index (κ1) is 16.7. The molecule has 1 amide bonds. The molecule has 3 N–H and O–H groups in total. The van der Waals surface area contributed by atoms with Crippen LogP contribution in [0.2, 0.25) is 10.0 Å². The fraction of sp³-hybridized carbons (Fsp3) is 0.235. The molecule has 126 valence electrons. The van der Waals surface area contributed by atoms with Crippen molar-refractivity contribution >= 4 is 34.8 Å². The molecule has 1 aliphatic heterocycles. The fourth-order valence-corrected chi connectivity index (χ4v) is 3.21. The molecule has 0 radical (unpaired) electrons. The van der Waals surface area contributed by atoms with E-state index >= 15 is 0 Å². The molecular formula is C17H16Cl2N2O3. The number of halogens is 2. The second kappa shape index (κ2) is 6.42. The second-order valence-electron chi connectivity index (χ2n) is 5.61. The van der Waals surface area contributed by atoms with E-state index in [1.54, 1.807) is 23.1 Å². The third-order valence-electron chi connectivity index (χ3n) is 3.92. The number of hydrogen-bond acceptors (Lipinski definition) is 4. The number of anilines is 1. The number of nitrogens with zero attached hydrogens (tertiary/aromatic N) is 1. The lowest BCUT2D eigenvalue weighted by Gasteiger charge is -2.38. The van der Waals surface area contributed by atoms with E-state index < -0.39 is 6.17 Å². The Morgan fingerprint density at radius 1 is 1.21 bits per heavy atom. The van der Waals surface area contributed by atoms with Crippen LogP contribution in [0.1, 0.15) is 35.4 Å². The Hall–Kier alpha value is -2.11. The first-order valence-electron chi connectivity index (χ1n) is 7.50. The number of phenols is 2. The number of hydrogen-bond donors (Lipinski definition) is 3. The highest BCUT2D eigenvalue weighted by molar-refractivity contribution is 6.32. The molecule has 0 spiro atoms. The van der Waals surface area contributed by atoms with Gasteiger partial charge in [0.05, 0.1) is 16.3 Å². The van der Waals surface area contributed by atoms with Gasteiger partial charge in [-0.3, -0.25) is 4.79 Å². The summed E-state index contributed by atoms with van der Waals surface area (Å²) in [5, 5.41) is 23.3. The van der Waals surface area contributed by atoms with Crippen molar-refractivity contribution in [3.63, 3.8) is 0 Å². The molecule has 2 aromatic carbocycles. The van der Waals surface area contributed by atoms with Gasteiger partial charge in [0.1, 0.15) is 6.17 Å². The van der Waals surface area contributed by atoms with Gasteiger partial charge in [-0.2, -0.15) is 0 Å². The SMILES string of the molecule is CCCN1C(=O)c2ccc(Cl)cc2NC1c1cc(O)c(O)c(Cl)c1. The average molecular weight is 367 g/mol. The molecule has 7 heteroatoms. The van der Waals surface area contributed by atoms with E-state index in [1.165, 1.54) is 12.1 Å². The van der Waals surface area contributed by atoms with E-state index in [4.69, 9.17) is 23.2 Å². The minimum atomic E-state index is -0.521. The zero-order valence-corrected chi connectivity index (χ0v) is 14.4. The average Bonchev–Trinajstić information content (AvgIpc) is 2.54. The Labute approximate surface area is 149 Å². The summed E-state index contributed by atoms with van der Waals surface area (Å²) < 4.78 is 0. The largest absolute Gasteiger partial charge is 0.504 e. The minimum Gasteiger partial charge on any atom is -0.504 e. The van der Waals surface area contributed by atoms with Crippen molar-refractivity contribution in [3.8, 4) is 11.5 Å². The van der Waals surface area contributed by atoms with Gasteiger partial charge in [0.2, 0.25) is 0 Å². The Balaban J connectivity index is 2.10. The number of carbonyl (C=O) groups excluding carboxylic acids is 1. The molecule has 0 aromatic heterocycles. The standard InChI is InChI=1S/C17H16Cl2N2O3/c1-2-5-21-16(9-6-12(19)15(23)14(22)7-9)20-13-8-10(18)3-4-11(13)17(21)24/h3-4,6-8,16,20,22-23H,2,5H2,1H3. The Bertz CT molecular complexity index is 787. The monoisotopic (exact) mass is 366 g/mol. The topological polar surface area (TPSA) is 72.8 Å². The summed E-state index contributed by atoms with van der Waals surface area (Å²) in [6, 6.07) is 7.97. The molecule has 0 aliphatic carbocycles. The summed E-state index contributed by atoms with van der Waals surface area (Å²) in [5.41, 5.74) is 1.73. The first-order chi connectivity index (χ1) is 11.4. The number of nitrogens with one attached hydrogen (secondary N) is 1. The van der Waals surface area contributed by atoms with Crippen LogP contribution in [0.15, 0.2) is 30.3 Å². The van der Waals surface area contributed by atoms with Crippen molar-refractivity contribution in [2.45, 2.75) is 19.5 Å². The molecule has 1 heterocycles. The Morgan fingerprint density at radius 3 is 2.62 bits per heavy atom. The van der Waals surface area contributed by atoms with Crippen LogP contribution in [0.4, 0.5) is 5.69 Å². The van der Waals surface area contributed by atoms with Crippen molar-refractivity contribution in [2.75, 3.05) is 11.9 Å². The van der Waals surface area contributed by atoms with Gasteiger partial charge in [0.15, 0.2) is 11.5 Å². The van der Waals surface area contributed by atoms with E-state index in [9.17, 15) is 15.0 Å². The van der Waals surface area contributed by atoms with Gasteiger partial charge in [-0.15, -0.1) is 0 Å².